The van der Waals surface area contributed by atoms with Crippen molar-refractivity contribution in [3.8, 4) is 0 Å². The lowest BCUT2D eigenvalue weighted by molar-refractivity contribution is -0.387. The zero-order chi connectivity index (χ0) is 14.7. The molecule has 0 fully saturated rings. The van der Waals surface area contributed by atoms with Crippen molar-refractivity contribution in [2.24, 2.45) is 0 Å². The third-order valence-corrected chi connectivity index (χ3v) is 3.57. The van der Waals surface area contributed by atoms with Crippen molar-refractivity contribution in [2.45, 2.75) is 10.6 Å². The van der Waals surface area contributed by atoms with E-state index in [0.29, 0.717) is 4.90 Å². The van der Waals surface area contributed by atoms with Gasteiger partial charge in [-0.3, -0.25) is 10.1 Å². The van der Waals surface area contributed by atoms with E-state index in [1.165, 1.54) is 24.3 Å². The Bertz CT molecular complexity index is 645. The van der Waals surface area contributed by atoms with Crippen LogP contribution >= 0.6 is 11.8 Å². The maximum atomic E-state index is 13.8. The summed E-state index contributed by atoms with van der Waals surface area (Å²) in [7, 11) is 0. The first kappa shape index (κ1) is 14.3. The van der Waals surface area contributed by atoms with E-state index in [9.17, 15) is 18.9 Å². The highest BCUT2D eigenvalue weighted by atomic mass is 32.2. The van der Waals surface area contributed by atoms with E-state index < -0.39 is 22.2 Å². The number of nitrogen functional groups attached to an aromatic ring is 1. The number of nitro groups is 1. The van der Waals surface area contributed by atoms with Gasteiger partial charge in [-0.2, -0.15) is 4.39 Å². The largest absolute Gasteiger partial charge is 0.399 e. The first-order valence-corrected chi connectivity index (χ1v) is 6.56. The highest BCUT2D eigenvalue weighted by molar-refractivity contribution is 7.98. The minimum atomic E-state index is -0.866. The Labute approximate surface area is 117 Å². The molecule has 0 heterocycles. The van der Waals surface area contributed by atoms with Crippen LogP contribution in [0.4, 0.5) is 20.2 Å². The highest BCUT2D eigenvalue weighted by Crippen LogP contribution is 2.29. The molecular formula is C13H10F2N2O2S. The van der Waals surface area contributed by atoms with Crippen molar-refractivity contribution in [1.82, 2.24) is 0 Å². The van der Waals surface area contributed by atoms with Gasteiger partial charge in [-0.05, 0) is 18.2 Å². The van der Waals surface area contributed by atoms with Crippen LogP contribution < -0.4 is 5.73 Å². The molecule has 0 aliphatic carbocycles. The zero-order valence-corrected chi connectivity index (χ0v) is 11.0. The summed E-state index contributed by atoms with van der Waals surface area (Å²) in [6, 6.07) is 7.98. The second-order valence-electron chi connectivity index (χ2n) is 4.02. The molecule has 2 rings (SSSR count). The smallest absolute Gasteiger partial charge is 0.305 e. The van der Waals surface area contributed by atoms with Crippen LogP contribution in [-0.4, -0.2) is 4.92 Å². The van der Waals surface area contributed by atoms with Gasteiger partial charge in [0, 0.05) is 28.0 Å². The molecule has 0 atom stereocenters. The lowest BCUT2D eigenvalue weighted by Crippen LogP contribution is -1.96. The van der Waals surface area contributed by atoms with Gasteiger partial charge in [-0.25, -0.2) is 4.39 Å². The van der Waals surface area contributed by atoms with Crippen LogP contribution in [0.15, 0.2) is 41.3 Å². The average molecular weight is 296 g/mol. The summed E-state index contributed by atoms with van der Waals surface area (Å²) in [5, 5.41) is 10.6. The van der Waals surface area contributed by atoms with Crippen molar-refractivity contribution in [3.63, 3.8) is 0 Å². The summed E-state index contributed by atoms with van der Waals surface area (Å²) >= 11 is 1.15. The molecule has 0 radical (unpaired) electrons. The maximum Gasteiger partial charge on any atom is 0.305 e. The molecular weight excluding hydrogens is 286 g/mol. The van der Waals surface area contributed by atoms with Crippen molar-refractivity contribution in [1.29, 1.82) is 0 Å². The number of benzene rings is 2. The predicted octanol–water partition coefficient (Wildman–Crippen LogP) is 3.75. The van der Waals surface area contributed by atoms with Gasteiger partial charge >= 0.3 is 5.69 Å². The summed E-state index contributed by atoms with van der Waals surface area (Å²) in [4.78, 5) is 10.4. The van der Waals surface area contributed by atoms with Gasteiger partial charge in [0.2, 0.25) is 5.82 Å². The number of hydrogen-bond acceptors (Lipinski definition) is 4. The van der Waals surface area contributed by atoms with Gasteiger partial charge in [0.05, 0.1) is 4.92 Å². The Morgan fingerprint density at radius 2 is 2.00 bits per heavy atom. The standard InChI is InChI=1S/C13H10F2N2O2S/c14-9-4-10(16)6-11(5-9)20-7-8-2-1-3-12(13(8)15)17(18)19/h1-6H,7,16H2. The second kappa shape index (κ2) is 5.87. The molecule has 2 aromatic carbocycles. The molecule has 104 valence electrons. The lowest BCUT2D eigenvalue weighted by atomic mass is 10.2. The third-order valence-electron chi connectivity index (χ3n) is 2.54. The predicted molar refractivity (Wildman–Crippen MR) is 73.4 cm³/mol. The summed E-state index contributed by atoms with van der Waals surface area (Å²) in [5.74, 6) is -1.20. The van der Waals surface area contributed by atoms with E-state index in [1.54, 1.807) is 6.07 Å². The number of anilines is 1. The topological polar surface area (TPSA) is 69.2 Å². The molecule has 0 saturated heterocycles. The Kier molecular flexibility index (Phi) is 4.19. The van der Waals surface area contributed by atoms with Gasteiger partial charge in [-0.1, -0.05) is 12.1 Å². The molecule has 0 aromatic heterocycles. The summed E-state index contributed by atoms with van der Waals surface area (Å²) in [6.45, 7) is 0. The van der Waals surface area contributed by atoms with Crippen LogP contribution in [0.5, 0.6) is 0 Å². The fourth-order valence-electron chi connectivity index (χ4n) is 1.65. The number of nitro benzene ring substituents is 1. The Morgan fingerprint density at radius 1 is 1.25 bits per heavy atom. The number of nitrogens with zero attached hydrogens (tertiary/aromatic N) is 1. The van der Waals surface area contributed by atoms with Crippen molar-refractivity contribution in [2.75, 3.05) is 5.73 Å². The van der Waals surface area contributed by atoms with Crippen LogP contribution in [0.1, 0.15) is 5.56 Å². The normalized spacial score (nSPS) is 10.5. The van der Waals surface area contributed by atoms with Crippen molar-refractivity contribution in [3.05, 3.63) is 63.7 Å². The molecule has 20 heavy (non-hydrogen) atoms. The first-order chi connectivity index (χ1) is 9.47. The molecule has 2 N–H and O–H groups in total. The van der Waals surface area contributed by atoms with Crippen LogP contribution in [0.3, 0.4) is 0 Å². The van der Waals surface area contributed by atoms with E-state index >= 15 is 0 Å². The van der Waals surface area contributed by atoms with E-state index in [4.69, 9.17) is 5.73 Å². The van der Waals surface area contributed by atoms with Crippen LogP contribution in [0, 0.1) is 21.7 Å². The summed E-state index contributed by atoms with van der Waals surface area (Å²) < 4.78 is 27.0. The summed E-state index contributed by atoms with van der Waals surface area (Å²) in [5.41, 5.74) is 5.40. The van der Waals surface area contributed by atoms with Gasteiger partial charge in [0.1, 0.15) is 5.82 Å². The zero-order valence-electron chi connectivity index (χ0n) is 10.2. The van der Waals surface area contributed by atoms with Crippen LogP contribution in [0.25, 0.3) is 0 Å². The minimum Gasteiger partial charge on any atom is -0.399 e. The van der Waals surface area contributed by atoms with Crippen LogP contribution in [-0.2, 0) is 5.75 Å². The fraction of sp³-hybridized carbons (Fsp3) is 0.0769. The quantitative estimate of drug-likeness (QED) is 0.404. The first-order valence-electron chi connectivity index (χ1n) is 5.58. The minimum absolute atomic E-state index is 0.149. The number of nitrogens with two attached hydrogens (primary N) is 1. The Balaban J connectivity index is 2.19. The molecule has 2 aromatic rings. The van der Waals surface area contributed by atoms with Gasteiger partial charge in [-0.15, -0.1) is 11.8 Å². The molecule has 0 bridgehead atoms. The maximum absolute atomic E-state index is 13.8. The van der Waals surface area contributed by atoms with Gasteiger partial charge in [0.25, 0.3) is 0 Å². The van der Waals surface area contributed by atoms with Gasteiger partial charge < -0.3 is 5.73 Å². The van der Waals surface area contributed by atoms with E-state index in [2.05, 4.69) is 0 Å². The Hall–Kier alpha value is -2.15. The molecule has 0 unspecified atom stereocenters. The third kappa shape index (κ3) is 3.24. The van der Waals surface area contributed by atoms with E-state index in [0.717, 1.165) is 17.8 Å². The molecule has 7 heteroatoms. The number of hydrogen-bond donors (Lipinski definition) is 1. The molecule has 0 amide bonds. The number of rotatable bonds is 4. The molecule has 4 nitrogen and oxygen atoms in total. The molecule has 0 aliphatic heterocycles. The van der Waals surface area contributed by atoms with Crippen LogP contribution in [0.2, 0.25) is 0 Å². The SMILES string of the molecule is Nc1cc(F)cc(SCc2cccc([N+](=O)[O-])c2F)c1. The monoisotopic (exact) mass is 296 g/mol. The summed E-state index contributed by atoms with van der Waals surface area (Å²) in [6.07, 6.45) is 0. The van der Waals surface area contributed by atoms with Gasteiger partial charge in [0.15, 0.2) is 0 Å². The van der Waals surface area contributed by atoms with E-state index in [-0.39, 0.29) is 17.0 Å². The molecule has 0 spiro atoms. The molecule has 0 saturated carbocycles. The average Bonchev–Trinajstić information content (AvgIpc) is 2.36. The van der Waals surface area contributed by atoms with Crippen molar-refractivity contribution >= 4 is 23.1 Å². The number of halogens is 2. The fourth-order valence-corrected chi connectivity index (χ4v) is 2.61. The van der Waals surface area contributed by atoms with Crippen molar-refractivity contribution < 1.29 is 13.7 Å². The highest BCUT2D eigenvalue weighted by Gasteiger charge is 2.17. The lowest BCUT2D eigenvalue weighted by Gasteiger charge is -2.05. The second-order valence-corrected chi connectivity index (χ2v) is 5.07. The molecule has 0 aliphatic rings. The number of thioether (sulfide) groups is 1. The van der Waals surface area contributed by atoms with E-state index in [1.807, 2.05) is 0 Å². The Morgan fingerprint density at radius 3 is 2.65 bits per heavy atom.